The highest BCUT2D eigenvalue weighted by molar-refractivity contribution is 7.92. The molecule has 0 fully saturated rings. The second-order valence-corrected chi connectivity index (χ2v) is 9.76. The van der Waals surface area contributed by atoms with Crippen LogP contribution < -0.4 is 10.0 Å². The van der Waals surface area contributed by atoms with Gasteiger partial charge in [-0.05, 0) is 38.0 Å². The van der Waals surface area contributed by atoms with Gasteiger partial charge in [0.05, 0.1) is 28.4 Å². The number of benzene rings is 1. The Bertz CT molecular complexity index is 1360. The highest BCUT2D eigenvalue weighted by Crippen LogP contribution is 2.36. The summed E-state index contributed by atoms with van der Waals surface area (Å²) in [6, 6.07) is 3.27. The average Bonchev–Trinajstić information content (AvgIpc) is 3.20. The van der Waals surface area contributed by atoms with Gasteiger partial charge in [0.1, 0.15) is 16.4 Å². The fraction of sp³-hybridized carbons (Fsp3) is 0.286. The Morgan fingerprint density at radius 3 is 2.76 bits per heavy atom. The van der Waals surface area contributed by atoms with Gasteiger partial charge in [-0.1, -0.05) is 11.6 Å². The summed E-state index contributed by atoms with van der Waals surface area (Å²) >= 11 is 5.87. The number of sulfonamides is 1. The summed E-state index contributed by atoms with van der Waals surface area (Å²) in [5.41, 5.74) is 0.544. The third-order valence-electron chi connectivity index (χ3n) is 5.61. The smallest absolute Gasteiger partial charge is 0.271 e. The largest absolute Gasteiger partial charge is 0.354 e. The summed E-state index contributed by atoms with van der Waals surface area (Å²) in [4.78, 5) is 19.8. The van der Waals surface area contributed by atoms with Gasteiger partial charge in [-0.3, -0.25) is 14.5 Å². The zero-order valence-electron chi connectivity index (χ0n) is 17.7. The Morgan fingerprint density at radius 2 is 2.03 bits per heavy atom. The summed E-state index contributed by atoms with van der Waals surface area (Å²) in [6.07, 6.45) is 3.51. The average molecular weight is 496 g/mol. The Labute approximate surface area is 194 Å². The lowest BCUT2D eigenvalue weighted by Crippen LogP contribution is -2.25. The Hall–Kier alpha value is -3.05. The van der Waals surface area contributed by atoms with Crippen LogP contribution in [-0.2, 0) is 23.0 Å². The summed E-state index contributed by atoms with van der Waals surface area (Å²) < 4.78 is 59.7. The van der Waals surface area contributed by atoms with Crippen molar-refractivity contribution in [2.75, 3.05) is 11.8 Å². The summed E-state index contributed by atoms with van der Waals surface area (Å²) in [5, 5.41) is 2.62. The molecule has 2 aromatic heterocycles. The third-order valence-corrected chi connectivity index (χ3v) is 7.30. The number of rotatable bonds is 5. The Kier molecular flexibility index (Phi) is 6.10. The van der Waals surface area contributed by atoms with Crippen LogP contribution in [0.5, 0.6) is 0 Å². The molecule has 3 aromatic rings. The Balaban J connectivity index is 1.66. The lowest BCUT2D eigenvalue weighted by atomic mass is 9.89. The fourth-order valence-electron chi connectivity index (χ4n) is 3.99. The third kappa shape index (κ3) is 4.30. The number of fused-ring (bicyclic) bond motifs is 1. The summed E-state index contributed by atoms with van der Waals surface area (Å²) in [6.45, 7) is 1.68. The molecule has 0 unspecified atom stereocenters. The molecular formula is C21H20ClF2N5O3S. The van der Waals surface area contributed by atoms with Crippen LogP contribution in [-0.4, -0.2) is 35.9 Å². The molecule has 3 heterocycles. The standard InChI is InChI=1S/C21H20ClF2N5O3S/c1-11-17(7-13(22)8-26-11)33(31,32)28-15-5-4-14(23)18(19(15)24)12-3-6-16-20(21(30)25-2)27-10-29(16)9-12/h4-5,7-8,10,12,28H,3,6,9H2,1-2H3,(H,25,30)/t12-/m0/s1. The molecule has 0 bridgehead atoms. The Morgan fingerprint density at radius 1 is 1.27 bits per heavy atom. The number of carbonyl (C=O) groups is 1. The van der Waals surface area contributed by atoms with Crippen molar-refractivity contribution >= 4 is 33.2 Å². The van der Waals surface area contributed by atoms with Crippen molar-refractivity contribution in [3.63, 3.8) is 0 Å². The number of nitrogens with one attached hydrogen (secondary N) is 2. The number of amides is 1. The second kappa shape index (κ2) is 8.71. The number of carbonyl (C=O) groups excluding carboxylic acids is 1. The van der Waals surface area contributed by atoms with Gasteiger partial charge in [-0.25, -0.2) is 22.2 Å². The molecule has 2 N–H and O–H groups in total. The van der Waals surface area contributed by atoms with Gasteiger partial charge in [0, 0.05) is 31.3 Å². The minimum Gasteiger partial charge on any atom is -0.354 e. The van der Waals surface area contributed by atoms with E-state index in [4.69, 9.17) is 11.6 Å². The maximum atomic E-state index is 15.4. The molecule has 174 valence electrons. The van der Waals surface area contributed by atoms with Gasteiger partial charge in [0.2, 0.25) is 0 Å². The van der Waals surface area contributed by atoms with E-state index in [0.717, 1.165) is 12.1 Å². The van der Waals surface area contributed by atoms with Gasteiger partial charge in [0.15, 0.2) is 5.82 Å². The number of aryl methyl sites for hydroxylation is 1. The molecule has 0 saturated carbocycles. The van der Waals surface area contributed by atoms with Crippen molar-refractivity contribution in [2.45, 2.75) is 37.1 Å². The van der Waals surface area contributed by atoms with E-state index < -0.39 is 27.6 Å². The van der Waals surface area contributed by atoms with E-state index in [2.05, 4.69) is 20.0 Å². The van der Waals surface area contributed by atoms with Crippen molar-refractivity contribution in [2.24, 2.45) is 0 Å². The van der Waals surface area contributed by atoms with Crippen LogP contribution >= 0.6 is 11.6 Å². The van der Waals surface area contributed by atoms with Crippen LogP contribution in [0.1, 0.15) is 39.8 Å². The van der Waals surface area contributed by atoms with Crippen molar-refractivity contribution in [1.29, 1.82) is 0 Å². The summed E-state index contributed by atoms with van der Waals surface area (Å²) in [7, 11) is -2.73. The normalized spacial score (nSPS) is 15.7. The number of pyridine rings is 1. The minimum atomic E-state index is -4.23. The summed E-state index contributed by atoms with van der Waals surface area (Å²) in [5.74, 6) is -2.69. The molecule has 1 amide bonds. The molecule has 0 aliphatic carbocycles. The first kappa shape index (κ1) is 23.1. The topological polar surface area (TPSA) is 106 Å². The number of nitrogens with zero attached hydrogens (tertiary/aromatic N) is 3. The maximum Gasteiger partial charge on any atom is 0.271 e. The van der Waals surface area contributed by atoms with E-state index in [1.54, 1.807) is 4.57 Å². The number of halogens is 3. The van der Waals surface area contributed by atoms with Crippen molar-refractivity contribution in [3.8, 4) is 0 Å². The number of anilines is 1. The van der Waals surface area contributed by atoms with E-state index in [1.165, 1.54) is 32.6 Å². The van der Waals surface area contributed by atoms with Gasteiger partial charge in [-0.2, -0.15) is 0 Å². The predicted octanol–water partition coefficient (Wildman–Crippen LogP) is 3.41. The highest BCUT2D eigenvalue weighted by atomic mass is 35.5. The quantitative estimate of drug-likeness (QED) is 0.564. The zero-order chi connectivity index (χ0) is 23.9. The van der Waals surface area contributed by atoms with Gasteiger partial charge >= 0.3 is 0 Å². The van der Waals surface area contributed by atoms with Crippen molar-refractivity contribution in [3.05, 3.63) is 70.0 Å². The molecule has 0 radical (unpaired) electrons. The second-order valence-electron chi connectivity index (χ2n) is 7.67. The molecule has 0 saturated heterocycles. The van der Waals surface area contributed by atoms with Crippen LogP contribution in [0.15, 0.2) is 35.6 Å². The van der Waals surface area contributed by atoms with E-state index >= 15 is 4.39 Å². The van der Waals surface area contributed by atoms with Crippen LogP contribution in [0.4, 0.5) is 14.5 Å². The molecule has 4 rings (SSSR count). The molecule has 8 nitrogen and oxygen atoms in total. The van der Waals surface area contributed by atoms with E-state index in [1.807, 2.05) is 0 Å². The maximum absolute atomic E-state index is 15.4. The molecule has 12 heteroatoms. The van der Waals surface area contributed by atoms with Crippen LogP contribution in [0.25, 0.3) is 0 Å². The zero-order valence-corrected chi connectivity index (χ0v) is 19.3. The SMILES string of the molecule is CNC(=O)c1ncn2c1CC[C@H](c1c(F)ccc(NS(=O)(=O)c3cc(Cl)cnc3C)c1F)C2. The highest BCUT2D eigenvalue weighted by Gasteiger charge is 2.30. The number of imidazole rings is 1. The van der Waals surface area contributed by atoms with Gasteiger partial charge in [-0.15, -0.1) is 0 Å². The van der Waals surface area contributed by atoms with Crippen molar-refractivity contribution < 1.29 is 22.0 Å². The number of aromatic nitrogens is 3. The van der Waals surface area contributed by atoms with Crippen LogP contribution in [0, 0.1) is 18.6 Å². The predicted molar refractivity (Wildman–Crippen MR) is 118 cm³/mol. The molecule has 1 aromatic carbocycles. The van der Waals surface area contributed by atoms with Crippen LogP contribution in [0.3, 0.4) is 0 Å². The molecule has 1 atom stereocenters. The lowest BCUT2D eigenvalue weighted by Gasteiger charge is -2.26. The molecule has 0 spiro atoms. The van der Waals surface area contributed by atoms with E-state index in [0.29, 0.717) is 18.5 Å². The molecule has 1 aliphatic heterocycles. The fourth-order valence-corrected chi connectivity index (χ4v) is 5.50. The number of hydrogen-bond acceptors (Lipinski definition) is 5. The van der Waals surface area contributed by atoms with Crippen LogP contribution in [0.2, 0.25) is 5.02 Å². The van der Waals surface area contributed by atoms with Gasteiger partial charge < -0.3 is 9.88 Å². The first-order chi connectivity index (χ1) is 15.6. The van der Waals surface area contributed by atoms with E-state index in [9.17, 15) is 17.6 Å². The molecular weight excluding hydrogens is 476 g/mol. The number of hydrogen-bond donors (Lipinski definition) is 2. The van der Waals surface area contributed by atoms with E-state index in [-0.39, 0.29) is 45.0 Å². The molecule has 33 heavy (non-hydrogen) atoms. The molecule has 1 aliphatic rings. The minimum absolute atomic E-state index is 0.107. The lowest BCUT2D eigenvalue weighted by molar-refractivity contribution is 0.0957. The monoisotopic (exact) mass is 495 g/mol. The first-order valence-electron chi connectivity index (χ1n) is 10.0. The van der Waals surface area contributed by atoms with Gasteiger partial charge in [0.25, 0.3) is 15.9 Å². The van der Waals surface area contributed by atoms with Crippen molar-refractivity contribution in [1.82, 2.24) is 19.9 Å². The first-order valence-corrected chi connectivity index (χ1v) is 11.9.